The van der Waals surface area contributed by atoms with Crippen LogP contribution in [-0.4, -0.2) is 17.4 Å². The first kappa shape index (κ1) is 13.7. The third-order valence-corrected chi connectivity index (χ3v) is 4.09. The number of anilines is 1. The second-order valence-corrected chi connectivity index (χ2v) is 5.66. The number of benzene rings is 1. The molecule has 1 N–H and O–H groups in total. The standard InChI is InChI=1S/C14H12N2OS2/c15-7-9-18-10-14(17)16-12-5-2-1-4-11(12)13-6-3-8-19-13/h1-6,8H,9-10H2,(H,16,17). The number of hydrogen-bond donors (Lipinski definition) is 1. The number of hydrogen-bond acceptors (Lipinski definition) is 4. The van der Waals surface area contributed by atoms with Crippen molar-refractivity contribution in [3.63, 3.8) is 0 Å². The van der Waals surface area contributed by atoms with Gasteiger partial charge in [-0.05, 0) is 17.5 Å². The number of thiophene rings is 1. The lowest BCUT2D eigenvalue weighted by Gasteiger charge is -2.09. The Kier molecular flexibility index (Phi) is 5.01. The van der Waals surface area contributed by atoms with E-state index in [0.717, 1.165) is 16.1 Å². The molecule has 1 amide bonds. The lowest BCUT2D eigenvalue weighted by atomic mass is 10.1. The van der Waals surface area contributed by atoms with Gasteiger partial charge in [0, 0.05) is 16.1 Å². The normalized spacial score (nSPS) is 9.84. The van der Waals surface area contributed by atoms with Crippen molar-refractivity contribution in [1.82, 2.24) is 0 Å². The second kappa shape index (κ2) is 6.98. The van der Waals surface area contributed by atoms with Gasteiger partial charge in [0.1, 0.15) is 0 Å². The highest BCUT2D eigenvalue weighted by atomic mass is 32.2. The van der Waals surface area contributed by atoms with Crippen LogP contribution in [0.1, 0.15) is 0 Å². The van der Waals surface area contributed by atoms with Crippen molar-refractivity contribution in [3.05, 3.63) is 41.8 Å². The Morgan fingerprint density at radius 3 is 2.89 bits per heavy atom. The summed E-state index contributed by atoms with van der Waals surface area (Å²) in [5, 5.41) is 13.3. The van der Waals surface area contributed by atoms with E-state index in [-0.39, 0.29) is 5.91 Å². The molecular formula is C14H12N2OS2. The fourth-order valence-electron chi connectivity index (χ4n) is 1.61. The molecule has 0 saturated heterocycles. The highest BCUT2D eigenvalue weighted by molar-refractivity contribution is 8.00. The zero-order valence-corrected chi connectivity index (χ0v) is 11.8. The van der Waals surface area contributed by atoms with Crippen molar-refractivity contribution in [2.24, 2.45) is 0 Å². The SMILES string of the molecule is N#CCSCC(=O)Nc1ccccc1-c1cccs1. The maximum Gasteiger partial charge on any atom is 0.234 e. The van der Waals surface area contributed by atoms with E-state index in [1.165, 1.54) is 11.8 Å². The van der Waals surface area contributed by atoms with Crippen molar-refractivity contribution in [2.75, 3.05) is 16.8 Å². The molecule has 1 aromatic heterocycles. The molecular weight excluding hydrogens is 276 g/mol. The average Bonchev–Trinajstić information content (AvgIpc) is 2.93. The van der Waals surface area contributed by atoms with Gasteiger partial charge in [0.15, 0.2) is 0 Å². The van der Waals surface area contributed by atoms with Gasteiger partial charge in [-0.2, -0.15) is 5.26 Å². The number of rotatable bonds is 5. The molecule has 1 aromatic carbocycles. The minimum atomic E-state index is -0.0794. The molecule has 0 saturated carbocycles. The summed E-state index contributed by atoms with van der Waals surface area (Å²) in [7, 11) is 0. The van der Waals surface area contributed by atoms with Gasteiger partial charge in [0.2, 0.25) is 5.91 Å². The highest BCUT2D eigenvalue weighted by Gasteiger charge is 2.08. The van der Waals surface area contributed by atoms with E-state index >= 15 is 0 Å². The number of thioether (sulfide) groups is 1. The smallest absolute Gasteiger partial charge is 0.234 e. The van der Waals surface area contributed by atoms with Crippen molar-refractivity contribution in [1.29, 1.82) is 5.26 Å². The van der Waals surface area contributed by atoms with Crippen molar-refractivity contribution < 1.29 is 4.79 Å². The van der Waals surface area contributed by atoms with Crippen LogP contribution in [0, 0.1) is 11.3 Å². The van der Waals surface area contributed by atoms with Gasteiger partial charge in [-0.15, -0.1) is 23.1 Å². The predicted octanol–water partition coefficient (Wildman–Crippen LogP) is 3.61. The summed E-state index contributed by atoms with van der Waals surface area (Å²) in [6.07, 6.45) is 0. The summed E-state index contributed by atoms with van der Waals surface area (Å²) in [5.41, 5.74) is 1.84. The Balaban J connectivity index is 2.09. The van der Waals surface area contributed by atoms with Crippen LogP contribution < -0.4 is 5.32 Å². The van der Waals surface area contributed by atoms with E-state index in [2.05, 4.69) is 5.32 Å². The van der Waals surface area contributed by atoms with Crippen LogP contribution in [-0.2, 0) is 4.79 Å². The molecule has 5 heteroatoms. The van der Waals surface area contributed by atoms with Gasteiger partial charge in [0.05, 0.1) is 17.6 Å². The largest absolute Gasteiger partial charge is 0.325 e. The Morgan fingerprint density at radius 2 is 2.16 bits per heavy atom. The first-order valence-electron chi connectivity index (χ1n) is 5.68. The number of amides is 1. The fraction of sp³-hybridized carbons (Fsp3) is 0.143. The maximum absolute atomic E-state index is 11.8. The molecule has 0 aliphatic carbocycles. The fourth-order valence-corrected chi connectivity index (χ4v) is 2.83. The minimum absolute atomic E-state index is 0.0794. The topological polar surface area (TPSA) is 52.9 Å². The molecule has 0 spiro atoms. The summed E-state index contributed by atoms with van der Waals surface area (Å²) >= 11 is 2.95. The molecule has 0 aliphatic rings. The highest BCUT2D eigenvalue weighted by Crippen LogP contribution is 2.31. The van der Waals surface area contributed by atoms with E-state index in [0.29, 0.717) is 11.5 Å². The zero-order valence-electron chi connectivity index (χ0n) is 10.1. The van der Waals surface area contributed by atoms with E-state index < -0.39 is 0 Å². The second-order valence-electron chi connectivity index (χ2n) is 3.72. The molecule has 3 nitrogen and oxygen atoms in total. The third-order valence-electron chi connectivity index (χ3n) is 2.39. The van der Waals surface area contributed by atoms with Crippen molar-refractivity contribution in [2.45, 2.75) is 0 Å². The molecule has 0 unspecified atom stereocenters. The zero-order chi connectivity index (χ0) is 13.5. The number of para-hydroxylation sites is 1. The molecule has 1 heterocycles. The van der Waals surface area contributed by atoms with Crippen molar-refractivity contribution in [3.8, 4) is 16.5 Å². The molecule has 0 bridgehead atoms. The maximum atomic E-state index is 11.8. The first-order valence-corrected chi connectivity index (χ1v) is 7.72. The molecule has 2 rings (SSSR count). The van der Waals surface area contributed by atoms with Gasteiger partial charge < -0.3 is 5.32 Å². The van der Waals surface area contributed by atoms with Crippen LogP contribution in [0.2, 0.25) is 0 Å². The Morgan fingerprint density at radius 1 is 1.32 bits per heavy atom. The Labute approximate surface area is 120 Å². The third kappa shape index (κ3) is 3.85. The van der Waals surface area contributed by atoms with Crippen LogP contribution in [0.15, 0.2) is 41.8 Å². The summed E-state index contributed by atoms with van der Waals surface area (Å²) in [6, 6.07) is 13.8. The number of carbonyl (C=O) groups is 1. The average molecular weight is 288 g/mol. The van der Waals surface area contributed by atoms with E-state index in [1.54, 1.807) is 11.3 Å². The predicted molar refractivity (Wildman–Crippen MR) is 81.3 cm³/mol. The van der Waals surface area contributed by atoms with Crippen LogP contribution >= 0.6 is 23.1 Å². The number of nitrogens with zero attached hydrogens (tertiary/aromatic N) is 1. The van der Waals surface area contributed by atoms with E-state index in [1.807, 2.05) is 47.8 Å². The molecule has 0 aliphatic heterocycles. The van der Waals surface area contributed by atoms with Gasteiger partial charge >= 0.3 is 0 Å². The van der Waals surface area contributed by atoms with Crippen LogP contribution in [0.3, 0.4) is 0 Å². The molecule has 2 aromatic rings. The van der Waals surface area contributed by atoms with Gasteiger partial charge in [-0.1, -0.05) is 24.3 Å². The number of nitriles is 1. The minimum Gasteiger partial charge on any atom is -0.325 e. The summed E-state index contributed by atoms with van der Waals surface area (Å²) in [5.74, 6) is 0.552. The lowest BCUT2D eigenvalue weighted by molar-refractivity contribution is -0.113. The number of nitrogens with one attached hydrogen (secondary N) is 1. The van der Waals surface area contributed by atoms with Crippen LogP contribution in [0.5, 0.6) is 0 Å². The van der Waals surface area contributed by atoms with Gasteiger partial charge in [-0.25, -0.2) is 0 Å². The molecule has 0 atom stereocenters. The Bertz CT molecular complexity index is 588. The van der Waals surface area contributed by atoms with Gasteiger partial charge in [-0.3, -0.25) is 4.79 Å². The first-order chi connectivity index (χ1) is 9.31. The lowest BCUT2D eigenvalue weighted by Crippen LogP contribution is -2.14. The molecule has 96 valence electrons. The molecule has 19 heavy (non-hydrogen) atoms. The monoisotopic (exact) mass is 288 g/mol. The van der Waals surface area contributed by atoms with Crippen molar-refractivity contribution >= 4 is 34.7 Å². The van der Waals surface area contributed by atoms with E-state index in [4.69, 9.17) is 5.26 Å². The van der Waals surface area contributed by atoms with Gasteiger partial charge in [0.25, 0.3) is 0 Å². The summed E-state index contributed by atoms with van der Waals surface area (Å²) in [6.45, 7) is 0. The van der Waals surface area contributed by atoms with E-state index in [9.17, 15) is 4.79 Å². The summed E-state index contributed by atoms with van der Waals surface area (Å²) < 4.78 is 0. The molecule has 0 fully saturated rings. The van der Waals surface area contributed by atoms with Crippen LogP contribution in [0.25, 0.3) is 10.4 Å². The molecule has 0 radical (unpaired) electrons. The Hall–Kier alpha value is -1.77. The number of carbonyl (C=O) groups excluding carboxylic acids is 1. The summed E-state index contributed by atoms with van der Waals surface area (Å²) in [4.78, 5) is 12.9. The quantitative estimate of drug-likeness (QED) is 0.855. The van der Waals surface area contributed by atoms with Crippen LogP contribution in [0.4, 0.5) is 5.69 Å².